The van der Waals surface area contributed by atoms with E-state index in [9.17, 15) is 23.2 Å². The molecule has 2 N–H and O–H groups in total. The molecule has 1 aromatic carbocycles. The molecule has 2 aromatic rings. The number of carbonyl (C=O) groups is 3. The van der Waals surface area contributed by atoms with Crippen LogP contribution in [0.25, 0.3) is 11.1 Å². The summed E-state index contributed by atoms with van der Waals surface area (Å²) in [6.45, 7) is 0.0342. The molecule has 3 amide bonds. The molecule has 1 aliphatic heterocycles. The van der Waals surface area contributed by atoms with Gasteiger partial charge in [-0.2, -0.15) is 0 Å². The van der Waals surface area contributed by atoms with Crippen LogP contribution < -0.4 is 10.6 Å². The molecule has 3 aliphatic rings. The Balaban J connectivity index is 1.12. The number of hydrogen-bond acceptors (Lipinski definition) is 6. The molecule has 5 rings (SSSR count). The Kier molecular flexibility index (Phi) is 5.33. The van der Waals surface area contributed by atoms with Crippen LogP contribution in [0.3, 0.4) is 0 Å². The SMILES string of the molecule is O=C1CCC(c2nc3cc(COC(=O)NC4CC5(CCC(F)(F)CC5)C4)ccc3o2)C(=O)N1. The number of nitrogens with zero attached hydrogens (tertiary/aromatic N) is 1. The van der Waals surface area contributed by atoms with Gasteiger partial charge in [-0.05, 0) is 55.2 Å². The third-order valence-electron chi connectivity index (χ3n) is 7.10. The van der Waals surface area contributed by atoms with Gasteiger partial charge in [0.1, 0.15) is 18.0 Å². The molecular formula is C23H25F2N3O5. The van der Waals surface area contributed by atoms with Crippen molar-refractivity contribution in [1.82, 2.24) is 15.6 Å². The van der Waals surface area contributed by atoms with Gasteiger partial charge in [0.2, 0.25) is 23.6 Å². The number of aromatic nitrogens is 1. The van der Waals surface area contributed by atoms with Crippen molar-refractivity contribution in [2.24, 2.45) is 5.41 Å². The van der Waals surface area contributed by atoms with Crippen LogP contribution in [-0.4, -0.2) is 34.9 Å². The highest BCUT2D eigenvalue weighted by Gasteiger charge is 2.50. The van der Waals surface area contributed by atoms with E-state index in [0.29, 0.717) is 48.8 Å². The number of benzene rings is 1. The van der Waals surface area contributed by atoms with Gasteiger partial charge in [-0.1, -0.05) is 6.07 Å². The summed E-state index contributed by atoms with van der Waals surface area (Å²) in [6, 6.07) is 5.12. The number of ether oxygens (including phenoxy) is 1. The van der Waals surface area contributed by atoms with E-state index >= 15 is 0 Å². The van der Waals surface area contributed by atoms with Gasteiger partial charge >= 0.3 is 6.09 Å². The lowest BCUT2D eigenvalue weighted by molar-refractivity contribution is -0.134. The third-order valence-corrected chi connectivity index (χ3v) is 7.10. The maximum Gasteiger partial charge on any atom is 0.407 e. The van der Waals surface area contributed by atoms with E-state index in [0.717, 1.165) is 0 Å². The van der Waals surface area contributed by atoms with Crippen molar-refractivity contribution < 1.29 is 32.3 Å². The molecule has 33 heavy (non-hydrogen) atoms. The lowest BCUT2D eigenvalue weighted by Crippen LogP contribution is -2.53. The average molecular weight is 461 g/mol. The van der Waals surface area contributed by atoms with Gasteiger partial charge in [0.25, 0.3) is 0 Å². The van der Waals surface area contributed by atoms with Gasteiger partial charge in [-0.15, -0.1) is 0 Å². The van der Waals surface area contributed by atoms with Gasteiger partial charge in [0.05, 0.1) is 0 Å². The van der Waals surface area contributed by atoms with Gasteiger partial charge < -0.3 is 14.5 Å². The number of carbonyl (C=O) groups excluding carboxylic acids is 3. The Hall–Kier alpha value is -3.04. The highest BCUT2D eigenvalue weighted by atomic mass is 19.3. The second kappa shape index (κ2) is 8.07. The molecule has 1 spiro atoms. The number of nitrogens with one attached hydrogen (secondary N) is 2. The second-order valence-corrected chi connectivity index (χ2v) is 9.54. The number of rotatable bonds is 4. The van der Waals surface area contributed by atoms with Crippen LogP contribution >= 0.6 is 0 Å². The number of fused-ring (bicyclic) bond motifs is 1. The maximum atomic E-state index is 13.4. The van der Waals surface area contributed by atoms with E-state index < -0.39 is 23.8 Å². The molecule has 8 nitrogen and oxygen atoms in total. The predicted octanol–water partition coefficient (Wildman–Crippen LogP) is 3.93. The van der Waals surface area contributed by atoms with Crippen molar-refractivity contribution in [3.05, 3.63) is 29.7 Å². The number of alkyl halides is 2. The second-order valence-electron chi connectivity index (χ2n) is 9.54. The number of amides is 3. The number of piperidine rings is 1. The summed E-state index contributed by atoms with van der Waals surface area (Å²) in [5, 5.41) is 5.11. The van der Waals surface area contributed by atoms with Crippen LogP contribution in [0.2, 0.25) is 0 Å². The van der Waals surface area contributed by atoms with E-state index in [1.807, 2.05) is 0 Å². The topological polar surface area (TPSA) is 111 Å². The van der Waals surface area contributed by atoms with Crippen molar-refractivity contribution in [1.29, 1.82) is 0 Å². The van der Waals surface area contributed by atoms with E-state index in [-0.39, 0.29) is 49.1 Å². The molecule has 1 unspecified atom stereocenters. The smallest absolute Gasteiger partial charge is 0.407 e. The van der Waals surface area contributed by atoms with E-state index in [2.05, 4.69) is 15.6 Å². The summed E-state index contributed by atoms with van der Waals surface area (Å²) in [5.41, 5.74) is 1.69. The zero-order valence-electron chi connectivity index (χ0n) is 18.0. The number of alkyl carbamates (subject to hydrolysis) is 1. The summed E-state index contributed by atoms with van der Waals surface area (Å²) < 4.78 is 37.7. The van der Waals surface area contributed by atoms with Crippen molar-refractivity contribution in [2.75, 3.05) is 0 Å². The first-order valence-corrected chi connectivity index (χ1v) is 11.2. The van der Waals surface area contributed by atoms with Crippen LogP contribution in [0, 0.1) is 5.41 Å². The minimum atomic E-state index is -2.55. The van der Waals surface area contributed by atoms with Crippen LogP contribution in [0.4, 0.5) is 13.6 Å². The number of oxazole rings is 1. The standard InChI is InChI=1S/C23H25F2N3O5/c24-23(25)7-5-22(6-8-23)10-14(11-22)26-21(31)32-12-13-1-3-17-16(9-13)27-20(33-17)15-2-4-18(29)28-19(15)30/h1,3,9,14-15H,2,4-8,10-12H2,(H,26,31)(H,28,29,30). The molecular weight excluding hydrogens is 436 g/mol. The Morgan fingerprint density at radius 1 is 1.21 bits per heavy atom. The molecule has 2 heterocycles. The maximum absolute atomic E-state index is 13.4. The highest BCUT2D eigenvalue weighted by Crippen LogP contribution is 2.54. The van der Waals surface area contributed by atoms with E-state index in [4.69, 9.17) is 9.15 Å². The molecule has 1 aromatic heterocycles. The Bertz CT molecular complexity index is 1100. The fraction of sp³-hybridized carbons (Fsp3) is 0.565. The van der Waals surface area contributed by atoms with Gasteiger partial charge in [0.15, 0.2) is 5.58 Å². The largest absolute Gasteiger partial charge is 0.445 e. The number of halogens is 2. The summed E-state index contributed by atoms with van der Waals surface area (Å²) in [4.78, 5) is 39.9. The van der Waals surface area contributed by atoms with E-state index in [1.165, 1.54) is 0 Å². The lowest BCUT2D eigenvalue weighted by atomic mass is 9.58. The van der Waals surface area contributed by atoms with E-state index in [1.54, 1.807) is 18.2 Å². The average Bonchev–Trinajstić information content (AvgIpc) is 3.15. The monoisotopic (exact) mass is 461 g/mol. The molecule has 0 bridgehead atoms. The summed E-state index contributed by atoms with van der Waals surface area (Å²) in [7, 11) is 0. The van der Waals surface area contributed by atoms with Gasteiger partial charge in [-0.25, -0.2) is 18.6 Å². The molecule has 0 radical (unpaired) electrons. The number of hydrogen-bond donors (Lipinski definition) is 2. The summed E-state index contributed by atoms with van der Waals surface area (Å²) in [5.74, 6) is -3.62. The number of imide groups is 1. The van der Waals surface area contributed by atoms with Crippen LogP contribution in [0.1, 0.15) is 68.7 Å². The lowest BCUT2D eigenvalue weighted by Gasteiger charge is -2.51. The van der Waals surface area contributed by atoms with Gasteiger partial charge in [0, 0.05) is 25.3 Å². The quantitative estimate of drug-likeness (QED) is 0.668. The zero-order valence-corrected chi connectivity index (χ0v) is 18.0. The first kappa shape index (κ1) is 21.8. The molecule has 3 fully saturated rings. The molecule has 2 saturated carbocycles. The highest BCUT2D eigenvalue weighted by molar-refractivity contribution is 6.00. The molecule has 1 saturated heterocycles. The molecule has 1 atom stereocenters. The summed E-state index contributed by atoms with van der Waals surface area (Å²) in [6.07, 6.45) is 2.34. The molecule has 176 valence electrons. The normalized spacial score (nSPS) is 24.4. The predicted molar refractivity (Wildman–Crippen MR) is 111 cm³/mol. The first-order chi connectivity index (χ1) is 15.7. The molecule has 2 aliphatic carbocycles. The van der Waals surface area contributed by atoms with Gasteiger partial charge in [-0.3, -0.25) is 14.9 Å². The first-order valence-electron chi connectivity index (χ1n) is 11.2. The fourth-order valence-corrected chi connectivity index (χ4v) is 5.16. The van der Waals surface area contributed by atoms with Crippen LogP contribution in [0.5, 0.6) is 0 Å². The molecule has 10 heteroatoms. The summed E-state index contributed by atoms with van der Waals surface area (Å²) >= 11 is 0. The minimum Gasteiger partial charge on any atom is -0.445 e. The third kappa shape index (κ3) is 4.56. The van der Waals surface area contributed by atoms with Crippen molar-refractivity contribution in [2.45, 2.75) is 75.9 Å². The zero-order chi connectivity index (χ0) is 23.2. The Labute approximate surface area is 188 Å². The van der Waals surface area contributed by atoms with Crippen LogP contribution in [-0.2, 0) is 20.9 Å². The Morgan fingerprint density at radius 3 is 2.70 bits per heavy atom. The Morgan fingerprint density at radius 2 is 1.97 bits per heavy atom. The van der Waals surface area contributed by atoms with Crippen molar-refractivity contribution in [3.63, 3.8) is 0 Å². The fourth-order valence-electron chi connectivity index (χ4n) is 5.16. The van der Waals surface area contributed by atoms with Crippen LogP contribution in [0.15, 0.2) is 22.6 Å². The minimum absolute atomic E-state index is 0.0342. The van der Waals surface area contributed by atoms with Crippen molar-refractivity contribution in [3.8, 4) is 0 Å². The van der Waals surface area contributed by atoms with Crippen molar-refractivity contribution >= 4 is 29.0 Å².